The molecule has 0 fully saturated rings. The van der Waals surface area contributed by atoms with Gasteiger partial charge in [0, 0.05) is 10.5 Å². The number of carbonyl (C=O) groups is 1. The van der Waals surface area contributed by atoms with Crippen LogP contribution in [0.1, 0.15) is 19.4 Å². The quantitative estimate of drug-likeness (QED) is 0.639. The highest BCUT2D eigenvalue weighted by atomic mass is 32.2. The second-order valence-electron chi connectivity index (χ2n) is 5.38. The first kappa shape index (κ1) is 18.0. The largest absolute Gasteiger partial charge is 0.480 e. The average Bonchev–Trinajstić information content (AvgIpc) is 2.45. The molecule has 2 atom stereocenters. The van der Waals surface area contributed by atoms with Crippen LogP contribution in [0.5, 0.6) is 0 Å². The van der Waals surface area contributed by atoms with Gasteiger partial charge in [-0.05, 0) is 19.4 Å². The lowest BCUT2D eigenvalue weighted by molar-refractivity contribution is -0.139. The molecule has 0 amide bonds. The van der Waals surface area contributed by atoms with E-state index in [1.54, 1.807) is 13.8 Å². The van der Waals surface area contributed by atoms with Crippen molar-refractivity contribution in [3.8, 4) is 0 Å². The lowest BCUT2D eigenvalue weighted by Gasteiger charge is -2.28. The summed E-state index contributed by atoms with van der Waals surface area (Å²) in [6.45, 7) is 4.17. The van der Waals surface area contributed by atoms with Crippen LogP contribution in [0, 0.1) is 0 Å². The van der Waals surface area contributed by atoms with Crippen LogP contribution in [0.3, 0.4) is 0 Å². The van der Waals surface area contributed by atoms with Gasteiger partial charge in [0.15, 0.2) is 0 Å². The Kier molecular flexibility index (Phi) is 7.17. The molecule has 0 aliphatic heterocycles. The van der Waals surface area contributed by atoms with Crippen LogP contribution in [0.15, 0.2) is 30.3 Å². The van der Waals surface area contributed by atoms with Gasteiger partial charge in [0.25, 0.3) is 0 Å². The molecule has 1 aromatic rings. The molecule has 1 rings (SSSR count). The van der Waals surface area contributed by atoms with Crippen molar-refractivity contribution in [1.29, 1.82) is 0 Å². The molecule has 118 valence electrons. The van der Waals surface area contributed by atoms with E-state index in [0.717, 1.165) is 5.56 Å². The van der Waals surface area contributed by atoms with E-state index < -0.39 is 22.9 Å². The molecule has 5 nitrogen and oxygen atoms in total. The number of hydrogen-bond donors (Lipinski definition) is 3. The van der Waals surface area contributed by atoms with Crippen LogP contribution in [0.4, 0.5) is 0 Å². The Morgan fingerprint density at radius 2 is 2.00 bits per heavy atom. The van der Waals surface area contributed by atoms with Gasteiger partial charge in [-0.1, -0.05) is 30.3 Å². The average molecular weight is 313 g/mol. The molecular formula is C15H23NO4S. The summed E-state index contributed by atoms with van der Waals surface area (Å²) >= 11 is 1.33. The smallest absolute Gasteiger partial charge is 0.321 e. The van der Waals surface area contributed by atoms with Gasteiger partial charge in [-0.15, -0.1) is 0 Å². The van der Waals surface area contributed by atoms with E-state index in [4.69, 9.17) is 15.6 Å². The van der Waals surface area contributed by atoms with E-state index in [9.17, 15) is 9.90 Å². The first-order chi connectivity index (χ1) is 9.83. The van der Waals surface area contributed by atoms with Gasteiger partial charge in [-0.3, -0.25) is 4.79 Å². The highest BCUT2D eigenvalue weighted by Crippen LogP contribution is 2.28. The molecule has 0 aliphatic rings. The Morgan fingerprint density at radius 1 is 1.38 bits per heavy atom. The summed E-state index contributed by atoms with van der Waals surface area (Å²) in [5.41, 5.74) is 6.67. The van der Waals surface area contributed by atoms with Gasteiger partial charge in [0.05, 0.1) is 19.3 Å². The number of thioether (sulfide) groups is 1. The predicted octanol–water partition coefficient (Wildman–Crippen LogP) is 1.49. The maximum atomic E-state index is 10.9. The highest BCUT2D eigenvalue weighted by Gasteiger charge is 2.33. The molecule has 0 bridgehead atoms. The molecule has 0 radical (unpaired) electrons. The number of carboxylic acids is 1. The SMILES string of the molecule is CC(C)(SCC(O)COCc1ccccc1)[C@H](N)C(=O)O. The van der Waals surface area contributed by atoms with Crippen LogP contribution in [0.25, 0.3) is 0 Å². The third kappa shape index (κ3) is 6.48. The first-order valence-electron chi connectivity index (χ1n) is 6.75. The molecular weight excluding hydrogens is 290 g/mol. The summed E-state index contributed by atoms with van der Waals surface area (Å²) in [5.74, 6) is -0.662. The van der Waals surface area contributed by atoms with Crippen LogP contribution in [0.2, 0.25) is 0 Å². The number of rotatable bonds is 9. The molecule has 4 N–H and O–H groups in total. The number of aliphatic hydroxyl groups is 1. The standard InChI is InChI=1S/C15H23NO4S/c1-15(2,13(16)14(18)19)21-10-12(17)9-20-8-11-6-4-3-5-7-11/h3-7,12-13,17H,8-10,16H2,1-2H3,(H,18,19)/t12?,13-/m1/s1. The monoisotopic (exact) mass is 313 g/mol. The zero-order chi connectivity index (χ0) is 15.9. The van der Waals surface area contributed by atoms with Gasteiger partial charge in [-0.2, -0.15) is 11.8 Å². The van der Waals surface area contributed by atoms with Gasteiger partial charge >= 0.3 is 5.97 Å². The van der Waals surface area contributed by atoms with E-state index in [0.29, 0.717) is 12.4 Å². The van der Waals surface area contributed by atoms with Crippen LogP contribution >= 0.6 is 11.8 Å². The summed E-state index contributed by atoms with van der Waals surface area (Å²) in [6, 6.07) is 8.73. The number of ether oxygens (including phenoxy) is 1. The summed E-state index contributed by atoms with van der Waals surface area (Å²) in [4.78, 5) is 10.9. The Hall–Kier alpha value is -1.08. The van der Waals surface area contributed by atoms with Crippen molar-refractivity contribution in [2.45, 2.75) is 37.3 Å². The molecule has 6 heteroatoms. The highest BCUT2D eigenvalue weighted by molar-refractivity contribution is 8.00. The molecule has 0 heterocycles. The molecule has 0 saturated carbocycles. The van der Waals surface area contributed by atoms with Crippen molar-refractivity contribution >= 4 is 17.7 Å². The zero-order valence-corrected chi connectivity index (χ0v) is 13.2. The first-order valence-corrected chi connectivity index (χ1v) is 7.73. The number of aliphatic carboxylic acids is 1. The van der Waals surface area contributed by atoms with Crippen molar-refractivity contribution in [3.05, 3.63) is 35.9 Å². The Balaban J connectivity index is 2.27. The summed E-state index contributed by atoms with van der Waals surface area (Å²) in [7, 11) is 0. The maximum Gasteiger partial charge on any atom is 0.321 e. The van der Waals surface area contributed by atoms with Crippen LogP contribution < -0.4 is 5.73 Å². The van der Waals surface area contributed by atoms with Crippen molar-refractivity contribution < 1.29 is 19.7 Å². The maximum absolute atomic E-state index is 10.9. The lowest BCUT2D eigenvalue weighted by Crippen LogP contribution is -2.47. The zero-order valence-electron chi connectivity index (χ0n) is 12.4. The van der Waals surface area contributed by atoms with Crippen LogP contribution in [-0.2, 0) is 16.1 Å². The minimum absolute atomic E-state index is 0.209. The van der Waals surface area contributed by atoms with Crippen LogP contribution in [-0.4, -0.2) is 45.4 Å². The topological polar surface area (TPSA) is 92.8 Å². The van der Waals surface area contributed by atoms with E-state index >= 15 is 0 Å². The summed E-state index contributed by atoms with van der Waals surface area (Å²) in [6.07, 6.45) is -0.654. The van der Waals surface area contributed by atoms with Crippen molar-refractivity contribution in [2.24, 2.45) is 5.73 Å². The minimum Gasteiger partial charge on any atom is -0.480 e. The Morgan fingerprint density at radius 3 is 2.57 bits per heavy atom. The fourth-order valence-electron chi connectivity index (χ4n) is 1.63. The van der Waals surface area contributed by atoms with E-state index in [2.05, 4.69) is 0 Å². The molecule has 0 aromatic heterocycles. The summed E-state index contributed by atoms with van der Waals surface area (Å²) < 4.78 is 4.80. The van der Waals surface area contributed by atoms with Crippen molar-refractivity contribution in [1.82, 2.24) is 0 Å². The van der Waals surface area contributed by atoms with E-state index in [-0.39, 0.29) is 6.61 Å². The number of benzene rings is 1. The molecule has 1 unspecified atom stereocenters. The predicted molar refractivity (Wildman–Crippen MR) is 84.3 cm³/mol. The number of nitrogens with two attached hydrogens (primary N) is 1. The molecule has 0 spiro atoms. The van der Waals surface area contributed by atoms with E-state index in [1.165, 1.54) is 11.8 Å². The van der Waals surface area contributed by atoms with Gasteiger partial charge < -0.3 is 20.7 Å². The van der Waals surface area contributed by atoms with Gasteiger partial charge in [0.2, 0.25) is 0 Å². The van der Waals surface area contributed by atoms with Gasteiger partial charge in [-0.25, -0.2) is 0 Å². The minimum atomic E-state index is -1.04. The molecule has 0 aliphatic carbocycles. The number of hydrogen-bond acceptors (Lipinski definition) is 5. The Bertz CT molecular complexity index is 439. The second kappa shape index (κ2) is 8.38. The van der Waals surface area contributed by atoms with Crippen molar-refractivity contribution in [3.63, 3.8) is 0 Å². The fourth-order valence-corrected chi connectivity index (χ4v) is 2.63. The lowest BCUT2D eigenvalue weighted by atomic mass is 10.1. The molecule has 21 heavy (non-hydrogen) atoms. The number of carboxylic acid groups (broad SMARTS) is 1. The normalized spacial score (nSPS) is 14.7. The molecule has 1 aromatic carbocycles. The Labute approximate surface area is 129 Å². The summed E-state index contributed by atoms with van der Waals surface area (Å²) in [5, 5.41) is 18.8. The van der Waals surface area contributed by atoms with Gasteiger partial charge in [0.1, 0.15) is 6.04 Å². The fraction of sp³-hybridized carbons (Fsp3) is 0.533. The van der Waals surface area contributed by atoms with E-state index in [1.807, 2.05) is 30.3 Å². The third-order valence-corrected chi connectivity index (χ3v) is 4.63. The number of aliphatic hydroxyl groups excluding tert-OH is 1. The second-order valence-corrected chi connectivity index (χ2v) is 7.06. The molecule has 0 saturated heterocycles. The third-order valence-electron chi connectivity index (χ3n) is 3.08. The van der Waals surface area contributed by atoms with Crippen molar-refractivity contribution in [2.75, 3.05) is 12.4 Å².